The summed E-state index contributed by atoms with van der Waals surface area (Å²) in [7, 11) is 0. The van der Waals surface area contributed by atoms with E-state index in [0.717, 1.165) is 85.1 Å². The number of benzene rings is 1. The van der Waals surface area contributed by atoms with E-state index >= 15 is 0 Å². The van der Waals surface area contributed by atoms with Gasteiger partial charge in [-0.25, -0.2) is 9.97 Å². The molecular formula is C27H33N7. The average Bonchev–Trinajstić information content (AvgIpc) is 3.38. The number of nitrogens with zero attached hydrogens (tertiary/aromatic N) is 4. The molecule has 1 saturated heterocycles. The van der Waals surface area contributed by atoms with Crippen molar-refractivity contribution in [2.45, 2.75) is 26.2 Å². The first-order valence-electron chi connectivity index (χ1n) is 12.4. The Balaban J connectivity index is 1.35. The zero-order valence-electron chi connectivity index (χ0n) is 19.8. The van der Waals surface area contributed by atoms with Gasteiger partial charge in [0, 0.05) is 44.8 Å². The summed E-state index contributed by atoms with van der Waals surface area (Å²) in [4.78, 5) is 20.0. The number of H-pyrrole nitrogens is 1. The molecule has 0 saturated carbocycles. The Labute approximate surface area is 201 Å². The quantitative estimate of drug-likeness (QED) is 0.348. The number of nitrogens with one attached hydrogen (secondary N) is 3. The largest absolute Gasteiger partial charge is 0.382 e. The molecule has 5 rings (SSSR count). The molecule has 0 aliphatic carbocycles. The van der Waals surface area contributed by atoms with E-state index in [2.05, 4.69) is 67.7 Å². The maximum absolute atomic E-state index is 4.94. The number of piperazine rings is 1. The summed E-state index contributed by atoms with van der Waals surface area (Å²) >= 11 is 0. The van der Waals surface area contributed by atoms with Crippen molar-refractivity contribution in [2.75, 3.05) is 44.6 Å². The summed E-state index contributed by atoms with van der Waals surface area (Å²) < 4.78 is 0. The average molecular weight is 456 g/mol. The topological polar surface area (TPSA) is 81.8 Å². The van der Waals surface area contributed by atoms with Gasteiger partial charge in [0.2, 0.25) is 0 Å². The Bertz CT molecular complexity index is 1230. The Morgan fingerprint density at radius 2 is 1.94 bits per heavy atom. The fraction of sp³-hybridized carbons (Fsp3) is 0.370. The lowest BCUT2D eigenvalue weighted by Crippen LogP contribution is -2.45. The van der Waals surface area contributed by atoms with Crippen LogP contribution in [0.3, 0.4) is 0 Å². The van der Waals surface area contributed by atoms with Crippen LogP contribution in [0.2, 0.25) is 0 Å². The standard InChI is InChI=1S/C27H33N7/c1-2-3-5-20-6-4-7-21(16-20)26-27(32-19-31-26)24-9-8-23-25(33-24)17-22(18-30-23)29-12-15-34-13-10-28-11-14-34/h4,6-9,16-19,28-29H,2-3,5,10-15H2,1H3,(H,31,32). The van der Waals surface area contributed by atoms with E-state index in [-0.39, 0.29) is 0 Å². The minimum absolute atomic E-state index is 0.874. The maximum Gasteiger partial charge on any atom is 0.0977 e. The number of fused-ring (bicyclic) bond motifs is 1. The molecule has 3 N–H and O–H groups in total. The van der Waals surface area contributed by atoms with Crippen LogP contribution in [-0.4, -0.2) is 64.1 Å². The molecule has 0 amide bonds. The van der Waals surface area contributed by atoms with Crippen LogP contribution in [0.25, 0.3) is 33.7 Å². The molecule has 0 bridgehead atoms. The van der Waals surface area contributed by atoms with Gasteiger partial charge in [0.25, 0.3) is 0 Å². The maximum atomic E-state index is 4.94. The summed E-state index contributed by atoms with van der Waals surface area (Å²) in [5, 5.41) is 6.91. The highest BCUT2D eigenvalue weighted by Crippen LogP contribution is 2.30. The summed E-state index contributed by atoms with van der Waals surface area (Å²) in [6.45, 7) is 8.51. The number of rotatable bonds is 9. The van der Waals surface area contributed by atoms with Gasteiger partial charge in [-0.3, -0.25) is 9.88 Å². The fourth-order valence-electron chi connectivity index (χ4n) is 4.50. The third-order valence-corrected chi connectivity index (χ3v) is 6.42. The second-order valence-corrected chi connectivity index (χ2v) is 8.91. The second-order valence-electron chi connectivity index (χ2n) is 8.91. The van der Waals surface area contributed by atoms with Crippen LogP contribution in [0.1, 0.15) is 25.3 Å². The SMILES string of the molecule is CCCCc1cccc(-c2nc[nH]c2-c2ccc3ncc(NCCN4CCNCC4)cc3n2)c1. The number of aromatic nitrogens is 4. The number of imidazole rings is 1. The lowest BCUT2D eigenvalue weighted by Gasteiger charge is -2.27. The summed E-state index contributed by atoms with van der Waals surface area (Å²) in [5.41, 5.74) is 7.98. The van der Waals surface area contributed by atoms with Crippen molar-refractivity contribution in [1.29, 1.82) is 0 Å². The third kappa shape index (κ3) is 5.26. The van der Waals surface area contributed by atoms with Crippen molar-refractivity contribution < 1.29 is 0 Å². The normalized spacial score (nSPS) is 14.5. The van der Waals surface area contributed by atoms with E-state index in [9.17, 15) is 0 Å². The van der Waals surface area contributed by atoms with Crippen LogP contribution in [-0.2, 0) is 6.42 Å². The van der Waals surface area contributed by atoms with Crippen LogP contribution in [0.15, 0.2) is 55.0 Å². The zero-order valence-corrected chi connectivity index (χ0v) is 19.8. The highest BCUT2D eigenvalue weighted by atomic mass is 15.2. The summed E-state index contributed by atoms with van der Waals surface area (Å²) in [6, 6.07) is 14.8. The van der Waals surface area contributed by atoms with Gasteiger partial charge in [-0.15, -0.1) is 0 Å². The summed E-state index contributed by atoms with van der Waals surface area (Å²) in [5.74, 6) is 0. The molecule has 1 fully saturated rings. The monoisotopic (exact) mass is 455 g/mol. The second kappa shape index (κ2) is 10.8. The van der Waals surface area contributed by atoms with E-state index < -0.39 is 0 Å². The molecule has 1 aliphatic heterocycles. The van der Waals surface area contributed by atoms with Crippen molar-refractivity contribution >= 4 is 16.7 Å². The first-order valence-corrected chi connectivity index (χ1v) is 12.4. The third-order valence-electron chi connectivity index (χ3n) is 6.42. The molecule has 7 heteroatoms. The highest BCUT2D eigenvalue weighted by molar-refractivity contribution is 5.83. The zero-order chi connectivity index (χ0) is 23.2. The van der Waals surface area contributed by atoms with E-state index in [1.165, 1.54) is 18.4 Å². The Morgan fingerprint density at radius 3 is 2.82 bits per heavy atom. The number of hydrogen-bond acceptors (Lipinski definition) is 6. The highest BCUT2D eigenvalue weighted by Gasteiger charge is 2.14. The summed E-state index contributed by atoms with van der Waals surface area (Å²) in [6.07, 6.45) is 7.13. The molecule has 3 aromatic heterocycles. The molecule has 1 aromatic carbocycles. The number of pyridine rings is 2. The Kier molecular flexibility index (Phi) is 7.12. The first kappa shape index (κ1) is 22.5. The number of hydrogen-bond donors (Lipinski definition) is 3. The molecular weight excluding hydrogens is 422 g/mol. The van der Waals surface area contributed by atoms with Crippen LogP contribution in [0.4, 0.5) is 5.69 Å². The molecule has 176 valence electrons. The van der Waals surface area contributed by atoms with Gasteiger partial charge in [0.05, 0.1) is 46.3 Å². The van der Waals surface area contributed by atoms with E-state index in [0.29, 0.717) is 0 Å². The molecule has 0 radical (unpaired) electrons. The van der Waals surface area contributed by atoms with Crippen LogP contribution >= 0.6 is 0 Å². The van der Waals surface area contributed by atoms with Crippen molar-refractivity contribution in [3.63, 3.8) is 0 Å². The van der Waals surface area contributed by atoms with Crippen molar-refractivity contribution in [3.8, 4) is 22.6 Å². The van der Waals surface area contributed by atoms with E-state index in [4.69, 9.17) is 4.98 Å². The number of aromatic amines is 1. The number of aryl methyl sites for hydroxylation is 1. The van der Waals surface area contributed by atoms with Gasteiger partial charge in [0.1, 0.15) is 0 Å². The molecule has 0 spiro atoms. The van der Waals surface area contributed by atoms with Gasteiger partial charge in [-0.1, -0.05) is 31.5 Å². The Hall–Kier alpha value is -3.29. The molecule has 0 atom stereocenters. The minimum Gasteiger partial charge on any atom is -0.382 e. The molecule has 34 heavy (non-hydrogen) atoms. The van der Waals surface area contributed by atoms with Gasteiger partial charge in [0.15, 0.2) is 0 Å². The van der Waals surface area contributed by atoms with Gasteiger partial charge in [-0.2, -0.15) is 0 Å². The van der Waals surface area contributed by atoms with Crippen LogP contribution in [0, 0.1) is 0 Å². The number of anilines is 1. The van der Waals surface area contributed by atoms with E-state index in [1.807, 2.05) is 18.3 Å². The molecule has 1 aliphatic rings. The Morgan fingerprint density at radius 1 is 1.03 bits per heavy atom. The van der Waals surface area contributed by atoms with Gasteiger partial charge >= 0.3 is 0 Å². The molecule has 0 unspecified atom stereocenters. The lowest BCUT2D eigenvalue weighted by molar-refractivity contribution is 0.249. The predicted molar refractivity (Wildman–Crippen MR) is 139 cm³/mol. The first-order chi connectivity index (χ1) is 16.8. The van der Waals surface area contributed by atoms with Gasteiger partial charge < -0.3 is 15.6 Å². The van der Waals surface area contributed by atoms with Crippen molar-refractivity contribution in [1.82, 2.24) is 30.2 Å². The minimum atomic E-state index is 0.874. The fourth-order valence-corrected chi connectivity index (χ4v) is 4.50. The predicted octanol–water partition coefficient (Wildman–Crippen LogP) is 4.35. The smallest absolute Gasteiger partial charge is 0.0977 e. The molecule has 7 nitrogen and oxygen atoms in total. The molecule has 4 heterocycles. The van der Waals surface area contributed by atoms with E-state index in [1.54, 1.807) is 6.33 Å². The van der Waals surface area contributed by atoms with Crippen LogP contribution < -0.4 is 10.6 Å². The van der Waals surface area contributed by atoms with Crippen molar-refractivity contribution in [3.05, 3.63) is 60.6 Å². The molecule has 4 aromatic rings. The van der Waals surface area contributed by atoms with Crippen LogP contribution in [0.5, 0.6) is 0 Å². The lowest BCUT2D eigenvalue weighted by atomic mass is 10.0. The van der Waals surface area contributed by atoms with Gasteiger partial charge in [-0.05, 0) is 42.7 Å². The number of unbranched alkanes of at least 4 members (excludes halogenated alkanes) is 1. The van der Waals surface area contributed by atoms with Crippen molar-refractivity contribution in [2.24, 2.45) is 0 Å².